The van der Waals surface area contributed by atoms with Gasteiger partial charge in [-0.1, -0.05) is 6.92 Å². The van der Waals surface area contributed by atoms with E-state index in [9.17, 15) is 0 Å². The second-order valence-electron chi connectivity index (χ2n) is 4.01. The van der Waals surface area contributed by atoms with Crippen LogP contribution in [0.1, 0.15) is 33.6 Å². The topological polar surface area (TPSA) is 82.0 Å². The first-order valence-electron chi connectivity index (χ1n) is 5.66. The Morgan fingerprint density at radius 3 is 2.12 bits per heavy atom. The van der Waals surface area contributed by atoms with Crippen LogP contribution in [0.25, 0.3) is 0 Å². The summed E-state index contributed by atoms with van der Waals surface area (Å²) in [6.45, 7) is 6.25. The van der Waals surface area contributed by atoms with E-state index in [1.54, 1.807) is 0 Å². The summed E-state index contributed by atoms with van der Waals surface area (Å²) in [5.41, 5.74) is 0. The van der Waals surface area contributed by atoms with Crippen LogP contribution < -0.4 is 5.32 Å². The summed E-state index contributed by atoms with van der Waals surface area (Å²) >= 11 is 0. The summed E-state index contributed by atoms with van der Waals surface area (Å²) in [6, 6.07) is 0. The molecule has 5 heteroatoms. The van der Waals surface area contributed by atoms with Crippen molar-refractivity contribution in [3.05, 3.63) is 0 Å². The van der Waals surface area contributed by atoms with E-state index in [1.807, 2.05) is 7.05 Å². The molecular weight excluding hydrogens is 210 g/mol. The van der Waals surface area contributed by atoms with E-state index in [2.05, 4.69) is 12.2 Å². The van der Waals surface area contributed by atoms with Crippen molar-refractivity contribution in [2.24, 2.45) is 0 Å². The maximum absolute atomic E-state index is 8.50. The minimum Gasteiger partial charge on any atom is -0.394 e. The number of rotatable bonds is 7. The first-order valence-corrected chi connectivity index (χ1v) is 5.66. The van der Waals surface area contributed by atoms with Gasteiger partial charge < -0.3 is 25.4 Å². The Morgan fingerprint density at radius 2 is 1.81 bits per heavy atom. The third-order valence-corrected chi connectivity index (χ3v) is 1.62. The first-order chi connectivity index (χ1) is 7.35. The first kappa shape index (κ1) is 18.2. The highest BCUT2D eigenvalue weighted by Gasteiger charge is 2.03. The van der Waals surface area contributed by atoms with Crippen molar-refractivity contribution in [2.75, 3.05) is 26.8 Å². The van der Waals surface area contributed by atoms with Crippen LogP contribution in [0.4, 0.5) is 0 Å². The average Bonchev–Trinajstić information content (AvgIpc) is 2.16. The molecule has 0 amide bonds. The number of ether oxygens (including phenoxy) is 1. The van der Waals surface area contributed by atoms with Crippen LogP contribution in [-0.4, -0.2) is 54.0 Å². The quantitative estimate of drug-likeness (QED) is 0.472. The Bertz CT molecular complexity index is 122. The van der Waals surface area contributed by atoms with Gasteiger partial charge in [-0.15, -0.1) is 0 Å². The van der Waals surface area contributed by atoms with Crippen molar-refractivity contribution in [3.8, 4) is 0 Å². The van der Waals surface area contributed by atoms with Crippen molar-refractivity contribution in [3.63, 3.8) is 0 Å². The van der Waals surface area contributed by atoms with Gasteiger partial charge in [0.15, 0.2) is 5.79 Å². The average molecular weight is 237 g/mol. The summed E-state index contributed by atoms with van der Waals surface area (Å²) in [5.74, 6) is -1.50. The molecule has 0 aromatic rings. The molecule has 0 radical (unpaired) electrons. The predicted octanol–water partition coefficient (Wildman–Crippen LogP) is 0.0905. The Labute approximate surface area is 98.4 Å². The SMILES string of the molecule is CC(C)(O)O.CCC(CCNC)OCCO. The molecule has 0 fully saturated rings. The van der Waals surface area contributed by atoms with Gasteiger partial charge in [0.2, 0.25) is 0 Å². The summed E-state index contributed by atoms with van der Waals surface area (Å²) in [4.78, 5) is 0. The molecule has 5 nitrogen and oxygen atoms in total. The van der Waals surface area contributed by atoms with Gasteiger partial charge in [0.25, 0.3) is 0 Å². The van der Waals surface area contributed by atoms with Gasteiger partial charge in [-0.3, -0.25) is 0 Å². The van der Waals surface area contributed by atoms with Crippen LogP contribution in [0, 0.1) is 0 Å². The van der Waals surface area contributed by atoms with Gasteiger partial charge >= 0.3 is 0 Å². The third kappa shape index (κ3) is 23.5. The van der Waals surface area contributed by atoms with Gasteiger partial charge in [0.05, 0.1) is 19.3 Å². The Kier molecular flexibility index (Phi) is 12.8. The summed E-state index contributed by atoms with van der Waals surface area (Å²) < 4.78 is 5.35. The molecule has 0 aliphatic carbocycles. The van der Waals surface area contributed by atoms with E-state index in [-0.39, 0.29) is 6.61 Å². The number of aliphatic hydroxyl groups is 3. The second-order valence-corrected chi connectivity index (χ2v) is 4.01. The molecule has 16 heavy (non-hydrogen) atoms. The lowest BCUT2D eigenvalue weighted by Gasteiger charge is -2.14. The van der Waals surface area contributed by atoms with Crippen molar-refractivity contribution in [2.45, 2.75) is 45.5 Å². The maximum Gasteiger partial charge on any atom is 0.156 e. The van der Waals surface area contributed by atoms with Gasteiger partial charge in [-0.2, -0.15) is 0 Å². The lowest BCUT2D eigenvalue weighted by molar-refractivity contribution is -0.127. The van der Waals surface area contributed by atoms with Gasteiger partial charge in [0, 0.05) is 0 Å². The van der Waals surface area contributed by atoms with E-state index in [0.717, 1.165) is 19.4 Å². The fourth-order valence-electron chi connectivity index (χ4n) is 0.930. The van der Waals surface area contributed by atoms with Crippen LogP contribution in [0.5, 0.6) is 0 Å². The largest absolute Gasteiger partial charge is 0.394 e. The predicted molar refractivity (Wildman–Crippen MR) is 64.2 cm³/mol. The number of nitrogens with one attached hydrogen (secondary N) is 1. The molecule has 4 N–H and O–H groups in total. The molecule has 0 aromatic heterocycles. The number of aliphatic hydroxyl groups excluding tert-OH is 1. The molecule has 0 saturated heterocycles. The molecule has 0 aliphatic heterocycles. The summed E-state index contributed by atoms with van der Waals surface area (Å²) in [7, 11) is 1.93. The Morgan fingerprint density at radius 1 is 1.31 bits per heavy atom. The van der Waals surface area contributed by atoms with E-state index >= 15 is 0 Å². The van der Waals surface area contributed by atoms with E-state index in [1.165, 1.54) is 13.8 Å². The van der Waals surface area contributed by atoms with Gasteiger partial charge in [0.1, 0.15) is 0 Å². The zero-order chi connectivity index (χ0) is 13.0. The fraction of sp³-hybridized carbons (Fsp3) is 1.00. The number of hydrogen-bond acceptors (Lipinski definition) is 5. The van der Waals surface area contributed by atoms with Crippen molar-refractivity contribution in [1.29, 1.82) is 0 Å². The van der Waals surface area contributed by atoms with Crippen LogP contribution in [0.15, 0.2) is 0 Å². The summed E-state index contributed by atoms with van der Waals surface area (Å²) in [5, 5.41) is 27.7. The fourth-order valence-corrected chi connectivity index (χ4v) is 0.930. The lowest BCUT2D eigenvalue weighted by Crippen LogP contribution is -2.20. The lowest BCUT2D eigenvalue weighted by atomic mass is 10.2. The molecule has 0 aromatic carbocycles. The zero-order valence-electron chi connectivity index (χ0n) is 10.9. The minimum atomic E-state index is -1.50. The molecule has 1 unspecified atom stereocenters. The second kappa shape index (κ2) is 11.3. The molecule has 100 valence electrons. The Balaban J connectivity index is 0. The maximum atomic E-state index is 8.50. The van der Waals surface area contributed by atoms with E-state index in [4.69, 9.17) is 20.1 Å². The molecule has 0 heterocycles. The number of hydrogen-bond donors (Lipinski definition) is 4. The standard InChI is InChI=1S/C8H19NO2.C3H8O2/c1-3-8(4-5-9-2)11-7-6-10;1-3(2,4)5/h8-10H,3-7H2,1-2H3;4-5H,1-2H3. The van der Waals surface area contributed by atoms with Crippen LogP contribution in [0.3, 0.4) is 0 Å². The van der Waals surface area contributed by atoms with Crippen LogP contribution in [0.2, 0.25) is 0 Å². The highest BCUT2D eigenvalue weighted by atomic mass is 16.5. The van der Waals surface area contributed by atoms with Gasteiger partial charge in [-0.05, 0) is 40.3 Å². The van der Waals surface area contributed by atoms with Crippen molar-refractivity contribution in [1.82, 2.24) is 5.32 Å². The molecule has 0 saturated carbocycles. The summed E-state index contributed by atoms with van der Waals surface area (Å²) in [6.07, 6.45) is 2.34. The van der Waals surface area contributed by atoms with Crippen LogP contribution in [-0.2, 0) is 4.74 Å². The molecule has 0 spiro atoms. The molecule has 0 rings (SSSR count). The van der Waals surface area contributed by atoms with E-state index < -0.39 is 5.79 Å². The zero-order valence-corrected chi connectivity index (χ0v) is 10.9. The molecule has 0 aliphatic rings. The molecule has 1 atom stereocenters. The third-order valence-electron chi connectivity index (χ3n) is 1.62. The van der Waals surface area contributed by atoms with Crippen LogP contribution >= 0.6 is 0 Å². The van der Waals surface area contributed by atoms with Crippen molar-refractivity contribution >= 4 is 0 Å². The van der Waals surface area contributed by atoms with Crippen molar-refractivity contribution < 1.29 is 20.1 Å². The van der Waals surface area contributed by atoms with E-state index in [0.29, 0.717) is 12.7 Å². The minimum absolute atomic E-state index is 0.121. The normalized spacial score (nSPS) is 12.9. The molecular formula is C11H27NO4. The monoisotopic (exact) mass is 237 g/mol. The Hall–Kier alpha value is -0.200. The smallest absolute Gasteiger partial charge is 0.156 e. The van der Waals surface area contributed by atoms with Gasteiger partial charge in [-0.25, -0.2) is 0 Å². The highest BCUT2D eigenvalue weighted by molar-refractivity contribution is 4.56. The molecule has 0 bridgehead atoms. The highest BCUT2D eigenvalue weighted by Crippen LogP contribution is 2.01.